The third kappa shape index (κ3) is 2.31. The molecule has 1 aliphatic rings. The molecule has 0 radical (unpaired) electrons. The van der Waals surface area contributed by atoms with Crippen LogP contribution in [0.5, 0.6) is 0 Å². The molecule has 7 heteroatoms. The Balaban J connectivity index is 2.00. The van der Waals surface area contributed by atoms with Crippen molar-refractivity contribution in [1.29, 1.82) is 0 Å². The maximum Gasteiger partial charge on any atom is 0.247 e. The van der Waals surface area contributed by atoms with Crippen molar-refractivity contribution in [2.75, 3.05) is 6.26 Å². The number of rotatable bonds is 3. The van der Waals surface area contributed by atoms with E-state index >= 15 is 0 Å². The Morgan fingerprint density at radius 3 is 2.89 bits per heavy atom. The van der Waals surface area contributed by atoms with E-state index < -0.39 is 10.0 Å². The van der Waals surface area contributed by atoms with Crippen molar-refractivity contribution in [3.63, 3.8) is 0 Å². The molecule has 1 aliphatic heterocycles. The van der Waals surface area contributed by atoms with Gasteiger partial charge >= 0.3 is 0 Å². The Morgan fingerprint density at radius 1 is 1.47 bits per heavy atom. The van der Waals surface area contributed by atoms with Gasteiger partial charge in [0.15, 0.2) is 0 Å². The van der Waals surface area contributed by atoms with Gasteiger partial charge in [-0.2, -0.15) is 20.9 Å². The molecule has 0 amide bonds. The molecule has 1 unspecified atom stereocenters. The summed E-state index contributed by atoms with van der Waals surface area (Å²) in [6.07, 6.45) is 3.22. The molecule has 1 atom stereocenters. The minimum absolute atomic E-state index is 0.389. The van der Waals surface area contributed by atoms with Gasteiger partial charge in [0.1, 0.15) is 11.8 Å². The van der Waals surface area contributed by atoms with Gasteiger partial charge in [0, 0.05) is 12.0 Å². The van der Waals surface area contributed by atoms with Crippen molar-refractivity contribution in [2.45, 2.75) is 12.5 Å². The van der Waals surface area contributed by atoms with Gasteiger partial charge in [0.25, 0.3) is 0 Å². The maximum absolute atomic E-state index is 11.8. The zero-order chi connectivity index (χ0) is 13.5. The van der Waals surface area contributed by atoms with Crippen LogP contribution in [-0.4, -0.2) is 24.8 Å². The van der Waals surface area contributed by atoms with Crippen LogP contribution in [0.25, 0.3) is 0 Å². The van der Waals surface area contributed by atoms with Crippen molar-refractivity contribution in [2.24, 2.45) is 5.10 Å². The number of furan rings is 1. The predicted molar refractivity (Wildman–Crippen MR) is 73.6 cm³/mol. The summed E-state index contributed by atoms with van der Waals surface area (Å²) >= 11 is 1.56. The lowest BCUT2D eigenvalue weighted by molar-refractivity contribution is 0.322. The molecule has 0 aliphatic carbocycles. The van der Waals surface area contributed by atoms with Crippen molar-refractivity contribution >= 4 is 27.1 Å². The molecule has 3 heterocycles. The number of hydrogen-bond donors (Lipinski definition) is 0. The van der Waals surface area contributed by atoms with Gasteiger partial charge in [-0.25, -0.2) is 8.42 Å². The molecule has 3 rings (SSSR count). The second kappa shape index (κ2) is 4.50. The lowest BCUT2D eigenvalue weighted by Gasteiger charge is -2.18. The Kier molecular flexibility index (Phi) is 2.94. The highest BCUT2D eigenvalue weighted by molar-refractivity contribution is 7.88. The highest BCUT2D eigenvalue weighted by Crippen LogP contribution is 2.34. The van der Waals surface area contributed by atoms with Gasteiger partial charge in [-0.3, -0.25) is 0 Å². The molecule has 100 valence electrons. The van der Waals surface area contributed by atoms with Crippen LogP contribution < -0.4 is 0 Å². The molecule has 0 saturated carbocycles. The minimum atomic E-state index is -3.41. The molecule has 0 fully saturated rings. The molecule has 2 aromatic heterocycles. The van der Waals surface area contributed by atoms with Crippen LogP contribution in [0.4, 0.5) is 0 Å². The number of hydrogen-bond acceptors (Lipinski definition) is 5. The standard InChI is InChI=1S/C12H12N2O3S2/c1-19(15,16)14-11(12-3-2-5-17-12)7-10(13-14)9-4-6-18-8-9/h2-6,8,11H,7H2,1H3. The van der Waals surface area contributed by atoms with E-state index in [2.05, 4.69) is 5.10 Å². The van der Waals surface area contributed by atoms with E-state index in [1.54, 1.807) is 29.7 Å². The summed E-state index contributed by atoms with van der Waals surface area (Å²) < 4.78 is 30.1. The van der Waals surface area contributed by atoms with E-state index in [1.165, 1.54) is 0 Å². The van der Waals surface area contributed by atoms with Crippen molar-refractivity contribution in [1.82, 2.24) is 4.41 Å². The predicted octanol–water partition coefficient (Wildman–Crippen LogP) is 2.45. The molecule has 0 saturated heterocycles. The van der Waals surface area contributed by atoms with E-state index in [0.717, 1.165) is 21.9 Å². The van der Waals surface area contributed by atoms with Gasteiger partial charge in [-0.15, -0.1) is 0 Å². The monoisotopic (exact) mass is 296 g/mol. The van der Waals surface area contributed by atoms with E-state index in [4.69, 9.17) is 4.42 Å². The van der Waals surface area contributed by atoms with Gasteiger partial charge in [0.2, 0.25) is 10.0 Å². The number of nitrogens with zero attached hydrogens (tertiary/aromatic N) is 2. The van der Waals surface area contributed by atoms with Crippen LogP contribution in [0, 0.1) is 0 Å². The Labute approximate surface area is 115 Å². The van der Waals surface area contributed by atoms with Crippen LogP contribution in [-0.2, 0) is 10.0 Å². The van der Waals surface area contributed by atoms with E-state index in [-0.39, 0.29) is 6.04 Å². The van der Waals surface area contributed by atoms with Crippen molar-refractivity contribution in [3.05, 3.63) is 46.5 Å². The van der Waals surface area contributed by atoms with Crippen LogP contribution in [0.2, 0.25) is 0 Å². The van der Waals surface area contributed by atoms with E-state index in [9.17, 15) is 8.42 Å². The maximum atomic E-state index is 11.8. The van der Waals surface area contributed by atoms with Gasteiger partial charge in [-0.05, 0) is 29.0 Å². The third-order valence-corrected chi connectivity index (χ3v) is 4.64. The number of thiophene rings is 1. The summed E-state index contributed by atoms with van der Waals surface area (Å²) in [6.45, 7) is 0. The van der Waals surface area contributed by atoms with Gasteiger partial charge < -0.3 is 4.42 Å². The highest BCUT2D eigenvalue weighted by atomic mass is 32.2. The fraction of sp³-hybridized carbons (Fsp3) is 0.250. The molecule has 0 spiro atoms. The van der Waals surface area contributed by atoms with Gasteiger partial charge in [-0.1, -0.05) is 0 Å². The summed E-state index contributed by atoms with van der Waals surface area (Å²) in [5, 5.41) is 8.16. The zero-order valence-corrected chi connectivity index (χ0v) is 11.8. The average molecular weight is 296 g/mol. The second-order valence-electron chi connectivity index (χ2n) is 4.33. The first-order valence-electron chi connectivity index (χ1n) is 5.68. The zero-order valence-electron chi connectivity index (χ0n) is 10.2. The molecule has 0 bridgehead atoms. The summed E-state index contributed by atoms with van der Waals surface area (Å²) in [5.41, 5.74) is 1.74. The molecule has 5 nitrogen and oxygen atoms in total. The van der Waals surface area contributed by atoms with Crippen LogP contribution in [0.3, 0.4) is 0 Å². The first kappa shape index (κ1) is 12.4. The minimum Gasteiger partial charge on any atom is -0.467 e. The molecular formula is C12H12N2O3S2. The fourth-order valence-corrected chi connectivity index (χ4v) is 3.64. The molecule has 2 aromatic rings. The highest BCUT2D eigenvalue weighted by Gasteiger charge is 2.36. The number of sulfonamides is 1. The first-order chi connectivity index (χ1) is 9.05. The normalized spacial score (nSPS) is 19.7. The summed E-state index contributed by atoms with van der Waals surface area (Å²) in [6, 6.07) is 5.07. The summed E-state index contributed by atoms with van der Waals surface area (Å²) in [4.78, 5) is 0. The lowest BCUT2D eigenvalue weighted by atomic mass is 10.1. The molecular weight excluding hydrogens is 284 g/mol. The Hall–Kier alpha value is -1.60. The fourth-order valence-electron chi connectivity index (χ4n) is 2.09. The van der Waals surface area contributed by atoms with Crippen molar-refractivity contribution < 1.29 is 12.8 Å². The second-order valence-corrected chi connectivity index (χ2v) is 6.95. The van der Waals surface area contributed by atoms with Crippen molar-refractivity contribution in [3.8, 4) is 0 Å². The van der Waals surface area contributed by atoms with E-state index in [1.807, 2.05) is 16.8 Å². The Morgan fingerprint density at radius 2 is 2.32 bits per heavy atom. The van der Waals surface area contributed by atoms with Crippen LogP contribution in [0.1, 0.15) is 23.8 Å². The molecule has 0 aromatic carbocycles. The summed E-state index contributed by atoms with van der Waals surface area (Å²) in [7, 11) is -3.41. The molecule has 0 N–H and O–H groups in total. The summed E-state index contributed by atoms with van der Waals surface area (Å²) in [5.74, 6) is 0.611. The smallest absolute Gasteiger partial charge is 0.247 e. The SMILES string of the molecule is CS(=O)(=O)N1N=C(c2ccsc2)CC1c1ccco1. The van der Waals surface area contributed by atoms with Crippen LogP contribution >= 0.6 is 11.3 Å². The average Bonchev–Trinajstić information content (AvgIpc) is 3.09. The molecule has 19 heavy (non-hydrogen) atoms. The lowest BCUT2D eigenvalue weighted by Crippen LogP contribution is -2.25. The van der Waals surface area contributed by atoms with Gasteiger partial charge in [0.05, 0.1) is 18.2 Å². The quantitative estimate of drug-likeness (QED) is 0.874. The Bertz CT molecular complexity index is 687. The largest absolute Gasteiger partial charge is 0.467 e. The van der Waals surface area contributed by atoms with Crippen LogP contribution in [0.15, 0.2) is 44.7 Å². The first-order valence-corrected chi connectivity index (χ1v) is 8.47. The third-order valence-electron chi connectivity index (χ3n) is 2.94. The van der Waals surface area contributed by atoms with E-state index in [0.29, 0.717) is 12.2 Å². The topological polar surface area (TPSA) is 62.9 Å². The number of hydrazone groups is 1.